The van der Waals surface area contributed by atoms with Gasteiger partial charge >= 0.3 is 0 Å². The molecule has 40 valence electrons. The van der Waals surface area contributed by atoms with Crippen molar-refractivity contribution in [1.82, 2.24) is 4.98 Å². The molecule has 2 heterocycles. The minimum absolute atomic E-state index is 0.0544. The molecule has 0 bridgehead atoms. The molecule has 1 N–H and O–H groups in total. The molecule has 0 aliphatic carbocycles. The van der Waals surface area contributed by atoms with Crippen molar-refractivity contribution in [2.24, 2.45) is 0 Å². The van der Waals surface area contributed by atoms with Crippen LogP contribution in [0.5, 0.6) is 0 Å². The third-order valence-corrected chi connectivity index (χ3v) is 1.75. The van der Waals surface area contributed by atoms with E-state index in [0.29, 0.717) is 5.69 Å². The number of aromatic nitrogens is 1. The standard InChI is InChI=1S/C4H2N2OS/c7-3-2-4(6-3)8-1-5-2/h1H,(H,6,7). The van der Waals surface area contributed by atoms with Gasteiger partial charge in [0, 0.05) is 0 Å². The van der Waals surface area contributed by atoms with Gasteiger partial charge in [0.25, 0.3) is 5.91 Å². The molecule has 0 aromatic carbocycles. The van der Waals surface area contributed by atoms with Crippen LogP contribution in [0.25, 0.3) is 0 Å². The number of carbonyl (C=O) groups excluding carboxylic acids is 1. The van der Waals surface area contributed by atoms with E-state index >= 15 is 0 Å². The van der Waals surface area contributed by atoms with Crippen molar-refractivity contribution >= 4 is 22.2 Å². The highest BCUT2D eigenvalue weighted by Gasteiger charge is 2.24. The largest absolute Gasteiger partial charge is 0.310 e. The quantitative estimate of drug-likeness (QED) is 0.556. The minimum Gasteiger partial charge on any atom is -0.310 e. The summed E-state index contributed by atoms with van der Waals surface area (Å²) in [6.07, 6.45) is 0. The molecule has 0 saturated heterocycles. The first-order valence-electron chi connectivity index (χ1n) is 2.13. The summed E-state index contributed by atoms with van der Waals surface area (Å²) in [5.41, 5.74) is 2.25. The summed E-state index contributed by atoms with van der Waals surface area (Å²) in [5.74, 6) is -0.0544. The first kappa shape index (κ1) is 4.03. The summed E-state index contributed by atoms with van der Waals surface area (Å²) in [7, 11) is 0. The van der Waals surface area contributed by atoms with Crippen molar-refractivity contribution in [2.45, 2.75) is 0 Å². The Labute approximate surface area is 49.4 Å². The van der Waals surface area contributed by atoms with Crippen LogP contribution in [0.4, 0.5) is 5.00 Å². The Morgan fingerprint density at radius 3 is 3.12 bits per heavy atom. The molecule has 0 radical (unpaired) electrons. The fourth-order valence-corrected chi connectivity index (χ4v) is 1.27. The molecule has 0 fully saturated rings. The normalized spacial score (nSPS) is 14.2. The van der Waals surface area contributed by atoms with E-state index in [9.17, 15) is 4.79 Å². The van der Waals surface area contributed by atoms with Gasteiger partial charge in [0.05, 0.1) is 5.51 Å². The van der Waals surface area contributed by atoms with E-state index in [1.54, 1.807) is 5.51 Å². The van der Waals surface area contributed by atoms with Crippen molar-refractivity contribution in [3.8, 4) is 0 Å². The zero-order valence-corrected chi connectivity index (χ0v) is 4.66. The number of anilines is 1. The van der Waals surface area contributed by atoms with Crippen LogP contribution in [0.3, 0.4) is 0 Å². The van der Waals surface area contributed by atoms with Crippen LogP contribution in [0.15, 0.2) is 5.51 Å². The predicted octanol–water partition coefficient (Wildman–Crippen LogP) is 0.709. The number of fused-ring (bicyclic) bond motifs is 1. The smallest absolute Gasteiger partial charge is 0.278 e. The fourth-order valence-electron chi connectivity index (χ4n) is 0.596. The number of rotatable bonds is 0. The summed E-state index contributed by atoms with van der Waals surface area (Å²) in [6, 6.07) is 0. The number of carbonyl (C=O) groups is 1. The van der Waals surface area contributed by atoms with Crippen molar-refractivity contribution < 1.29 is 4.79 Å². The second-order valence-electron chi connectivity index (χ2n) is 1.48. The van der Waals surface area contributed by atoms with E-state index in [1.165, 1.54) is 11.3 Å². The van der Waals surface area contributed by atoms with Gasteiger partial charge in [-0.05, 0) is 0 Å². The highest BCUT2D eigenvalue weighted by atomic mass is 32.1. The van der Waals surface area contributed by atoms with Crippen molar-refractivity contribution in [3.63, 3.8) is 0 Å². The van der Waals surface area contributed by atoms with Crippen LogP contribution in [0.1, 0.15) is 10.5 Å². The molecule has 1 amide bonds. The van der Waals surface area contributed by atoms with Gasteiger partial charge in [-0.15, -0.1) is 11.3 Å². The molecule has 0 saturated carbocycles. The molecule has 1 aliphatic heterocycles. The average molecular weight is 126 g/mol. The number of hydrogen-bond acceptors (Lipinski definition) is 3. The molecule has 4 heteroatoms. The summed E-state index contributed by atoms with van der Waals surface area (Å²) in [5, 5.41) is 3.48. The molecular weight excluding hydrogens is 124 g/mol. The van der Waals surface area contributed by atoms with Crippen molar-refractivity contribution in [3.05, 3.63) is 11.2 Å². The lowest BCUT2D eigenvalue weighted by Gasteiger charge is -2.09. The molecule has 0 spiro atoms. The third kappa shape index (κ3) is 0.293. The van der Waals surface area contributed by atoms with Gasteiger partial charge < -0.3 is 5.32 Å². The lowest BCUT2D eigenvalue weighted by molar-refractivity contribution is 0.100. The zero-order valence-electron chi connectivity index (χ0n) is 3.84. The van der Waals surface area contributed by atoms with E-state index in [1.807, 2.05) is 0 Å². The highest BCUT2D eigenvalue weighted by Crippen LogP contribution is 2.27. The van der Waals surface area contributed by atoms with Gasteiger partial charge in [-0.1, -0.05) is 0 Å². The minimum atomic E-state index is -0.0544. The monoisotopic (exact) mass is 126 g/mol. The van der Waals surface area contributed by atoms with Gasteiger partial charge in [-0.2, -0.15) is 0 Å². The zero-order chi connectivity index (χ0) is 5.56. The van der Waals surface area contributed by atoms with E-state index in [4.69, 9.17) is 0 Å². The topological polar surface area (TPSA) is 42.0 Å². The lowest BCUT2D eigenvalue weighted by atomic mass is 10.3. The van der Waals surface area contributed by atoms with Crippen LogP contribution in [0.2, 0.25) is 0 Å². The van der Waals surface area contributed by atoms with Crippen LogP contribution in [0, 0.1) is 0 Å². The van der Waals surface area contributed by atoms with E-state index in [2.05, 4.69) is 10.3 Å². The molecule has 0 atom stereocenters. The highest BCUT2D eigenvalue weighted by molar-refractivity contribution is 7.15. The average Bonchev–Trinajstić information content (AvgIpc) is 2.09. The predicted molar refractivity (Wildman–Crippen MR) is 30.1 cm³/mol. The maximum Gasteiger partial charge on any atom is 0.278 e. The first-order chi connectivity index (χ1) is 3.88. The van der Waals surface area contributed by atoms with Crippen LogP contribution in [-0.2, 0) is 0 Å². The number of nitrogens with one attached hydrogen (secondary N) is 1. The molecule has 0 unspecified atom stereocenters. The summed E-state index contributed by atoms with van der Waals surface area (Å²) >= 11 is 1.45. The molecular formula is C4H2N2OS. The van der Waals surface area contributed by atoms with Crippen molar-refractivity contribution in [2.75, 3.05) is 5.32 Å². The van der Waals surface area contributed by atoms with Gasteiger partial charge in [-0.3, -0.25) is 4.79 Å². The second-order valence-corrected chi connectivity index (χ2v) is 2.34. The number of amides is 1. The Balaban J connectivity index is 2.68. The molecule has 1 aliphatic rings. The number of hydrogen-bond donors (Lipinski definition) is 1. The summed E-state index contributed by atoms with van der Waals surface area (Å²) in [6.45, 7) is 0. The molecule has 1 aromatic heterocycles. The second kappa shape index (κ2) is 1.08. The Kier molecular flexibility index (Phi) is 0.545. The maximum atomic E-state index is 10.4. The number of nitrogens with zero attached hydrogens (tertiary/aromatic N) is 1. The lowest BCUT2D eigenvalue weighted by Crippen LogP contribution is -2.22. The van der Waals surface area contributed by atoms with Gasteiger partial charge in [0.2, 0.25) is 0 Å². The van der Waals surface area contributed by atoms with Crippen LogP contribution in [-0.4, -0.2) is 10.9 Å². The Hall–Kier alpha value is -0.900. The Morgan fingerprint density at radius 2 is 2.62 bits per heavy atom. The van der Waals surface area contributed by atoms with E-state index < -0.39 is 0 Å². The van der Waals surface area contributed by atoms with E-state index in [-0.39, 0.29) is 5.91 Å². The fraction of sp³-hybridized carbons (Fsp3) is 0. The summed E-state index contributed by atoms with van der Waals surface area (Å²) in [4.78, 5) is 14.2. The van der Waals surface area contributed by atoms with Gasteiger partial charge in [-0.25, -0.2) is 4.98 Å². The molecule has 1 aromatic rings. The van der Waals surface area contributed by atoms with Crippen LogP contribution < -0.4 is 5.32 Å². The molecule has 3 nitrogen and oxygen atoms in total. The Bertz CT molecular complexity index is 242. The molecule has 8 heavy (non-hydrogen) atoms. The number of thiazole rings is 1. The maximum absolute atomic E-state index is 10.4. The summed E-state index contributed by atoms with van der Waals surface area (Å²) < 4.78 is 0. The first-order valence-corrected chi connectivity index (χ1v) is 3.01. The Morgan fingerprint density at radius 1 is 1.75 bits per heavy atom. The SMILES string of the molecule is O=C1Nc2scnc21. The van der Waals surface area contributed by atoms with E-state index in [0.717, 1.165) is 5.00 Å². The van der Waals surface area contributed by atoms with Gasteiger partial charge in [0.1, 0.15) is 5.00 Å². The van der Waals surface area contributed by atoms with Crippen molar-refractivity contribution in [1.29, 1.82) is 0 Å². The molecule has 2 rings (SSSR count). The third-order valence-electron chi connectivity index (χ3n) is 1.01. The van der Waals surface area contributed by atoms with Crippen LogP contribution >= 0.6 is 11.3 Å². The van der Waals surface area contributed by atoms with Gasteiger partial charge in [0.15, 0.2) is 5.69 Å².